The highest BCUT2D eigenvalue weighted by Crippen LogP contribution is 2.65. The zero-order valence-corrected chi connectivity index (χ0v) is 32.6. The minimum atomic E-state index is -3.57. The summed E-state index contributed by atoms with van der Waals surface area (Å²) in [7, 11) is -2.05. The minimum Gasteiger partial charge on any atom is -0.385 e. The number of urea groups is 1. The predicted molar refractivity (Wildman–Crippen MR) is 193 cm³/mol. The molecular weight excluding hydrogens is 658 g/mol. The van der Waals surface area contributed by atoms with Gasteiger partial charge in [-0.25, -0.2) is 13.2 Å². The number of nitrogens with zero attached hydrogens (tertiary/aromatic N) is 1. The number of piperidine rings is 1. The van der Waals surface area contributed by atoms with E-state index in [0.29, 0.717) is 32.4 Å². The van der Waals surface area contributed by atoms with Gasteiger partial charge < -0.3 is 20.3 Å². The van der Waals surface area contributed by atoms with E-state index >= 15 is 0 Å². The molecule has 1 heterocycles. The summed E-state index contributed by atoms with van der Waals surface area (Å²) in [4.78, 5) is 69.9. The third-order valence-corrected chi connectivity index (χ3v) is 14.1. The summed E-state index contributed by atoms with van der Waals surface area (Å²) in [6, 6.07) is -2.47. The molecule has 2 aliphatic carbocycles. The molecule has 3 rings (SSSR count). The van der Waals surface area contributed by atoms with Gasteiger partial charge in [-0.1, -0.05) is 53.9 Å². The number of methoxy groups -OCH3 is 1. The maximum atomic E-state index is 14.5. The Kier molecular flexibility index (Phi) is 13.2. The first-order valence-electron chi connectivity index (χ1n) is 18.2. The highest BCUT2D eigenvalue weighted by atomic mass is 32.2. The van der Waals surface area contributed by atoms with Crippen molar-refractivity contribution in [2.24, 2.45) is 28.6 Å². The molecule has 0 spiro atoms. The third-order valence-electron chi connectivity index (χ3n) is 11.3. The van der Waals surface area contributed by atoms with Crippen molar-refractivity contribution in [3.05, 3.63) is 0 Å². The summed E-state index contributed by atoms with van der Waals surface area (Å²) in [5.41, 5.74) is -1.92. The van der Waals surface area contributed by atoms with Gasteiger partial charge in [0.2, 0.25) is 11.7 Å². The van der Waals surface area contributed by atoms with Crippen LogP contribution in [0.15, 0.2) is 0 Å². The Balaban J connectivity index is 1.85. The number of hydrogen-bond donors (Lipinski definition) is 2. The Labute approximate surface area is 300 Å². The van der Waals surface area contributed by atoms with Gasteiger partial charge in [-0.3, -0.25) is 19.2 Å². The number of likely N-dealkylation sites (tertiary alicyclic amines) is 1. The molecule has 1 aliphatic heterocycles. The number of fused-ring (bicyclic) bond motifs is 1. The Bertz CT molecular complexity index is 1440. The number of hydrogen-bond acceptors (Lipinski definition) is 8. The van der Waals surface area contributed by atoms with E-state index in [1.807, 2.05) is 20.8 Å². The molecule has 3 fully saturated rings. The smallest absolute Gasteiger partial charge is 0.315 e. The van der Waals surface area contributed by atoms with Gasteiger partial charge in [-0.05, 0) is 69.1 Å². The zero-order valence-electron chi connectivity index (χ0n) is 31.8. The van der Waals surface area contributed by atoms with E-state index in [1.165, 1.54) is 7.11 Å². The van der Waals surface area contributed by atoms with Crippen LogP contribution in [-0.4, -0.2) is 91.0 Å². The minimum absolute atomic E-state index is 0.0175. The van der Waals surface area contributed by atoms with Gasteiger partial charge in [0.1, 0.15) is 6.04 Å². The van der Waals surface area contributed by atoms with Crippen molar-refractivity contribution in [3.8, 4) is 12.3 Å². The molecule has 3 aliphatic rings. The molecule has 1 unspecified atom stereocenters. The molecule has 0 aromatic rings. The number of ether oxygens (including phenoxy) is 1. The summed E-state index contributed by atoms with van der Waals surface area (Å²) in [6.45, 7) is 15.2. The van der Waals surface area contributed by atoms with E-state index in [2.05, 4.69) is 30.4 Å². The molecule has 2 N–H and O–H groups in total. The van der Waals surface area contributed by atoms with Crippen LogP contribution in [0.25, 0.3) is 0 Å². The van der Waals surface area contributed by atoms with E-state index in [0.717, 1.165) is 19.3 Å². The van der Waals surface area contributed by atoms with Crippen molar-refractivity contribution in [1.82, 2.24) is 15.5 Å². The average Bonchev–Trinajstić information content (AvgIpc) is 3.31. The third kappa shape index (κ3) is 9.55. The molecule has 2 saturated carbocycles. The second-order valence-corrected chi connectivity index (χ2v) is 20.2. The van der Waals surface area contributed by atoms with Crippen LogP contribution in [0.3, 0.4) is 0 Å². The normalized spacial score (nSPS) is 23.9. The Morgan fingerprint density at radius 3 is 2.18 bits per heavy atom. The van der Waals surface area contributed by atoms with Crippen LogP contribution in [0.4, 0.5) is 4.79 Å². The van der Waals surface area contributed by atoms with E-state index < -0.39 is 67.0 Å². The number of nitrogens with one attached hydrogen (secondary N) is 2. The first-order valence-corrected chi connectivity index (χ1v) is 19.8. The molecule has 0 radical (unpaired) electrons. The van der Waals surface area contributed by atoms with Gasteiger partial charge in [-0.15, -0.1) is 12.3 Å². The van der Waals surface area contributed by atoms with Gasteiger partial charge in [0.05, 0.1) is 22.1 Å². The first kappa shape index (κ1) is 41.6. The van der Waals surface area contributed by atoms with Crippen LogP contribution in [-0.2, 0) is 33.8 Å². The molecule has 5 atom stereocenters. The van der Waals surface area contributed by atoms with E-state index in [1.54, 1.807) is 25.7 Å². The SMILES string of the molecule is C#CCCC(CC(=O)[C@@H]1[C@@H]2[C@H](CN1C(=O)[C@@H](NC(=O)NC1(CS(=O)(=O)C(C)(C)C)CCCCC1)C(C)(C)C)C2(C)C)C(=O)C(=O)CCCOC. The average molecular weight is 720 g/mol. The lowest BCUT2D eigenvalue weighted by atomic mass is 9.82. The topological polar surface area (TPSA) is 156 Å². The van der Waals surface area contributed by atoms with Crippen molar-refractivity contribution in [1.29, 1.82) is 0 Å². The zero-order chi connectivity index (χ0) is 37.9. The van der Waals surface area contributed by atoms with E-state index in [4.69, 9.17) is 11.2 Å². The largest absolute Gasteiger partial charge is 0.385 e. The van der Waals surface area contributed by atoms with Crippen LogP contribution >= 0.6 is 0 Å². The monoisotopic (exact) mass is 719 g/mol. The van der Waals surface area contributed by atoms with Gasteiger partial charge in [-0.2, -0.15) is 0 Å². The molecule has 12 heteroatoms. The van der Waals surface area contributed by atoms with Gasteiger partial charge in [0.25, 0.3) is 0 Å². The summed E-state index contributed by atoms with van der Waals surface area (Å²) < 4.78 is 30.6. The van der Waals surface area contributed by atoms with Gasteiger partial charge in [0.15, 0.2) is 21.4 Å². The number of sulfone groups is 1. The van der Waals surface area contributed by atoms with Crippen molar-refractivity contribution in [2.75, 3.05) is 26.0 Å². The number of terminal acetylenes is 1. The fourth-order valence-corrected chi connectivity index (χ4v) is 9.42. The fraction of sp³-hybridized carbons (Fsp3) is 0.816. The summed E-state index contributed by atoms with van der Waals surface area (Å²) in [5, 5.41) is 5.89. The van der Waals surface area contributed by atoms with Crippen LogP contribution in [0.2, 0.25) is 0 Å². The highest BCUT2D eigenvalue weighted by molar-refractivity contribution is 7.92. The number of carbonyl (C=O) groups is 5. The lowest BCUT2D eigenvalue weighted by molar-refractivity contribution is -0.144. The first-order chi connectivity index (χ1) is 23.0. The predicted octanol–water partition coefficient (Wildman–Crippen LogP) is 4.65. The summed E-state index contributed by atoms with van der Waals surface area (Å²) >= 11 is 0. The molecule has 1 saturated heterocycles. The van der Waals surface area contributed by atoms with Crippen molar-refractivity contribution in [2.45, 2.75) is 142 Å². The molecule has 50 heavy (non-hydrogen) atoms. The van der Waals surface area contributed by atoms with Crippen molar-refractivity contribution in [3.63, 3.8) is 0 Å². The molecule has 0 aromatic carbocycles. The Morgan fingerprint density at radius 1 is 1.02 bits per heavy atom. The number of amides is 3. The van der Waals surface area contributed by atoms with Crippen LogP contribution in [0.5, 0.6) is 0 Å². The standard InChI is InChI=1S/C38H61N3O8S/c1-11-12-17-25(31(44)27(42)18-16-21-49-10)22-28(43)30-29-26(37(29,8)9)23-41(30)33(45)32(35(2,3)4)39-34(46)40-38(19-14-13-15-20-38)24-50(47,48)36(5,6)7/h1,25-26,29-30,32H,12-24H2,2-10H3,(H2,39,40,46)/t25?,26-,29-,30+,32+/m0/s1. The summed E-state index contributed by atoms with van der Waals surface area (Å²) in [5.74, 6) is -0.505. The quantitative estimate of drug-likeness (QED) is 0.133. The number of rotatable bonds is 16. The summed E-state index contributed by atoms with van der Waals surface area (Å²) in [6.07, 6.45) is 9.64. The highest BCUT2D eigenvalue weighted by Gasteiger charge is 2.69. The lowest BCUT2D eigenvalue weighted by Gasteiger charge is -2.41. The van der Waals surface area contributed by atoms with Crippen LogP contribution < -0.4 is 10.6 Å². The van der Waals surface area contributed by atoms with Crippen molar-refractivity contribution >= 4 is 39.1 Å². The Morgan fingerprint density at radius 2 is 1.64 bits per heavy atom. The van der Waals surface area contributed by atoms with Crippen LogP contribution in [0.1, 0.15) is 120 Å². The van der Waals surface area contributed by atoms with E-state index in [-0.39, 0.29) is 54.5 Å². The molecular formula is C38H61N3O8S. The van der Waals surface area contributed by atoms with E-state index in [9.17, 15) is 32.4 Å². The van der Waals surface area contributed by atoms with Crippen LogP contribution in [0, 0.1) is 40.9 Å². The second kappa shape index (κ2) is 15.9. The maximum absolute atomic E-state index is 14.5. The number of carbonyl (C=O) groups excluding carboxylic acids is 5. The number of ketones is 3. The second-order valence-electron chi connectivity index (χ2n) is 17.5. The van der Waals surface area contributed by atoms with Gasteiger partial charge in [0, 0.05) is 45.4 Å². The molecule has 282 valence electrons. The van der Waals surface area contributed by atoms with Crippen molar-refractivity contribution < 1.29 is 37.1 Å². The molecule has 0 bridgehead atoms. The molecule has 0 aromatic heterocycles. The lowest BCUT2D eigenvalue weighted by Crippen LogP contribution is -2.63. The molecule has 11 nitrogen and oxygen atoms in total. The maximum Gasteiger partial charge on any atom is 0.315 e. The van der Waals surface area contributed by atoms with Gasteiger partial charge >= 0.3 is 6.03 Å². The number of Topliss-reactive ketones (excluding diaryl/α,β-unsaturated/α-hetero) is 3. The Hall–Kier alpha value is -2.78. The molecule has 3 amide bonds. The fourth-order valence-electron chi connectivity index (χ4n) is 7.89.